The number of nitrogens with one attached hydrogen (secondary N) is 1. The van der Waals surface area contributed by atoms with E-state index in [4.69, 9.17) is 4.52 Å². The van der Waals surface area contributed by atoms with E-state index in [-0.39, 0.29) is 10.7 Å². The average Bonchev–Trinajstić information content (AvgIpc) is 3.13. The number of benzene rings is 2. The molecule has 1 aliphatic carbocycles. The minimum Gasteiger partial charge on any atom is -0.354 e. The summed E-state index contributed by atoms with van der Waals surface area (Å²) in [5, 5.41) is 4.46. The molecule has 0 saturated heterocycles. The molecule has 0 radical (unpaired) electrons. The highest BCUT2D eigenvalue weighted by Gasteiger charge is 2.21. The molecule has 0 atom stereocenters. The highest BCUT2D eigenvalue weighted by molar-refractivity contribution is 7.92. The molecule has 3 aromatic rings. The number of aryl methyl sites for hydroxylation is 2. The van der Waals surface area contributed by atoms with Crippen molar-refractivity contribution in [2.75, 3.05) is 4.72 Å². The third-order valence-corrected chi connectivity index (χ3v) is 5.33. The molecule has 1 aromatic heterocycles. The maximum atomic E-state index is 12.6. The SMILES string of the molecule is O=S(=O)(Nc1noc2ccccc12)c1ccc2c(c1)CCC2. The van der Waals surface area contributed by atoms with Gasteiger partial charge in [-0.2, -0.15) is 0 Å². The first kappa shape index (κ1) is 13.3. The van der Waals surface area contributed by atoms with Crippen molar-refractivity contribution >= 4 is 26.8 Å². The molecule has 0 fully saturated rings. The molecule has 0 bridgehead atoms. The summed E-state index contributed by atoms with van der Waals surface area (Å²) in [5.74, 6) is 0.219. The maximum absolute atomic E-state index is 12.6. The van der Waals surface area contributed by atoms with Crippen LogP contribution in [-0.4, -0.2) is 13.6 Å². The van der Waals surface area contributed by atoms with Crippen molar-refractivity contribution in [3.05, 3.63) is 53.6 Å². The number of hydrogen-bond donors (Lipinski definition) is 1. The van der Waals surface area contributed by atoms with Gasteiger partial charge in [0, 0.05) is 0 Å². The van der Waals surface area contributed by atoms with Gasteiger partial charge in [0.2, 0.25) is 0 Å². The van der Waals surface area contributed by atoms with Gasteiger partial charge in [-0.05, 0) is 54.7 Å². The lowest BCUT2D eigenvalue weighted by Gasteiger charge is -2.07. The average molecular weight is 314 g/mol. The van der Waals surface area contributed by atoms with Crippen molar-refractivity contribution in [3.63, 3.8) is 0 Å². The summed E-state index contributed by atoms with van der Waals surface area (Å²) in [6.45, 7) is 0. The van der Waals surface area contributed by atoms with Crippen LogP contribution in [0.5, 0.6) is 0 Å². The molecular formula is C16H14N2O3S. The Morgan fingerprint density at radius 1 is 1.05 bits per heavy atom. The molecule has 5 nitrogen and oxygen atoms in total. The van der Waals surface area contributed by atoms with E-state index < -0.39 is 10.0 Å². The first-order valence-electron chi connectivity index (χ1n) is 7.12. The zero-order chi connectivity index (χ0) is 15.2. The van der Waals surface area contributed by atoms with Gasteiger partial charge in [0.25, 0.3) is 10.0 Å². The van der Waals surface area contributed by atoms with Crippen molar-refractivity contribution in [1.29, 1.82) is 0 Å². The van der Waals surface area contributed by atoms with Crippen molar-refractivity contribution in [2.24, 2.45) is 0 Å². The number of aromatic nitrogens is 1. The van der Waals surface area contributed by atoms with E-state index in [2.05, 4.69) is 9.88 Å². The zero-order valence-electron chi connectivity index (χ0n) is 11.7. The summed E-state index contributed by atoms with van der Waals surface area (Å²) in [4.78, 5) is 0.264. The van der Waals surface area contributed by atoms with Crippen LogP contribution in [0, 0.1) is 0 Å². The molecule has 0 amide bonds. The number of nitrogens with zero attached hydrogens (tertiary/aromatic N) is 1. The van der Waals surface area contributed by atoms with Gasteiger partial charge in [-0.3, -0.25) is 4.72 Å². The van der Waals surface area contributed by atoms with Gasteiger partial charge < -0.3 is 4.52 Å². The molecule has 6 heteroatoms. The minimum atomic E-state index is -3.67. The summed E-state index contributed by atoms with van der Waals surface area (Å²) in [6, 6.07) is 12.4. The van der Waals surface area contributed by atoms with Crippen LogP contribution in [0.4, 0.5) is 5.82 Å². The normalized spacial score (nSPS) is 14.2. The molecule has 22 heavy (non-hydrogen) atoms. The Hall–Kier alpha value is -2.34. The molecule has 0 saturated carbocycles. The van der Waals surface area contributed by atoms with Crippen LogP contribution in [0.3, 0.4) is 0 Å². The van der Waals surface area contributed by atoms with E-state index >= 15 is 0 Å². The lowest BCUT2D eigenvalue weighted by molar-refractivity contribution is 0.460. The summed E-state index contributed by atoms with van der Waals surface area (Å²) in [7, 11) is -3.67. The predicted octanol–water partition coefficient (Wildman–Crippen LogP) is 3.12. The van der Waals surface area contributed by atoms with Crippen molar-refractivity contribution in [3.8, 4) is 0 Å². The van der Waals surface area contributed by atoms with Crippen LogP contribution in [0.25, 0.3) is 11.0 Å². The van der Waals surface area contributed by atoms with Gasteiger partial charge in [0.15, 0.2) is 11.4 Å². The largest absolute Gasteiger partial charge is 0.354 e. The van der Waals surface area contributed by atoms with Gasteiger partial charge in [0.05, 0.1) is 10.3 Å². The van der Waals surface area contributed by atoms with E-state index in [0.717, 1.165) is 24.8 Å². The number of fused-ring (bicyclic) bond motifs is 2. The van der Waals surface area contributed by atoms with Gasteiger partial charge in [0.1, 0.15) is 0 Å². The van der Waals surface area contributed by atoms with E-state index in [1.165, 1.54) is 5.56 Å². The number of sulfonamides is 1. The number of para-hydroxylation sites is 1. The Balaban J connectivity index is 1.72. The quantitative estimate of drug-likeness (QED) is 0.806. The third-order valence-electron chi connectivity index (χ3n) is 3.99. The Labute approximate surface area is 128 Å². The van der Waals surface area contributed by atoms with Crippen molar-refractivity contribution in [2.45, 2.75) is 24.2 Å². The van der Waals surface area contributed by atoms with Crippen LogP contribution in [-0.2, 0) is 22.9 Å². The molecule has 4 rings (SSSR count). The molecule has 0 aliphatic heterocycles. The topological polar surface area (TPSA) is 72.2 Å². The van der Waals surface area contributed by atoms with Gasteiger partial charge >= 0.3 is 0 Å². The summed E-state index contributed by atoms with van der Waals surface area (Å²) in [6.07, 6.45) is 3.04. The van der Waals surface area contributed by atoms with Crippen LogP contribution < -0.4 is 4.72 Å². The Bertz CT molecular complexity index is 960. The van der Waals surface area contributed by atoms with Gasteiger partial charge in [-0.1, -0.05) is 23.4 Å². The van der Waals surface area contributed by atoms with E-state index in [1.54, 1.807) is 24.3 Å². The van der Waals surface area contributed by atoms with Crippen LogP contribution in [0.1, 0.15) is 17.5 Å². The predicted molar refractivity (Wildman–Crippen MR) is 83.3 cm³/mol. The molecule has 0 unspecified atom stereocenters. The third kappa shape index (κ3) is 2.16. The Morgan fingerprint density at radius 3 is 2.77 bits per heavy atom. The van der Waals surface area contributed by atoms with Crippen LogP contribution >= 0.6 is 0 Å². The van der Waals surface area contributed by atoms with E-state index in [0.29, 0.717) is 11.0 Å². The van der Waals surface area contributed by atoms with Crippen LogP contribution in [0.15, 0.2) is 51.9 Å². The molecule has 2 aromatic carbocycles. The van der Waals surface area contributed by atoms with Gasteiger partial charge in [-0.15, -0.1) is 0 Å². The fourth-order valence-corrected chi connectivity index (χ4v) is 3.93. The second-order valence-electron chi connectivity index (χ2n) is 5.42. The van der Waals surface area contributed by atoms with Crippen LogP contribution in [0.2, 0.25) is 0 Å². The lowest BCUT2D eigenvalue weighted by Crippen LogP contribution is -2.13. The second kappa shape index (κ2) is 4.84. The number of hydrogen-bond acceptors (Lipinski definition) is 4. The van der Waals surface area contributed by atoms with E-state index in [1.807, 2.05) is 18.2 Å². The highest BCUT2D eigenvalue weighted by atomic mass is 32.2. The summed E-state index contributed by atoms with van der Waals surface area (Å²) >= 11 is 0. The van der Waals surface area contributed by atoms with Crippen molar-refractivity contribution in [1.82, 2.24) is 5.16 Å². The first-order chi connectivity index (χ1) is 10.6. The molecule has 1 heterocycles. The molecule has 1 aliphatic rings. The van der Waals surface area contributed by atoms with Gasteiger partial charge in [-0.25, -0.2) is 8.42 Å². The second-order valence-corrected chi connectivity index (χ2v) is 7.10. The number of anilines is 1. The monoisotopic (exact) mass is 314 g/mol. The minimum absolute atomic E-state index is 0.219. The lowest BCUT2D eigenvalue weighted by atomic mass is 10.1. The molecular weight excluding hydrogens is 300 g/mol. The first-order valence-corrected chi connectivity index (χ1v) is 8.61. The summed E-state index contributed by atoms with van der Waals surface area (Å²) in [5.41, 5.74) is 2.91. The standard InChI is InChI=1S/C16H14N2O3S/c19-22(20,13-9-8-11-4-3-5-12(11)10-13)18-16-14-6-1-2-7-15(14)21-17-16/h1-2,6-10H,3-5H2,(H,17,18). The fraction of sp³-hybridized carbons (Fsp3) is 0.188. The Kier molecular flexibility index (Phi) is 2.94. The molecule has 1 N–H and O–H groups in total. The molecule has 0 spiro atoms. The summed E-state index contributed by atoms with van der Waals surface area (Å²) < 4.78 is 32.7. The number of rotatable bonds is 3. The smallest absolute Gasteiger partial charge is 0.263 e. The maximum Gasteiger partial charge on any atom is 0.263 e. The van der Waals surface area contributed by atoms with Crippen molar-refractivity contribution < 1.29 is 12.9 Å². The van der Waals surface area contributed by atoms with E-state index in [9.17, 15) is 8.42 Å². The highest BCUT2D eigenvalue weighted by Crippen LogP contribution is 2.27. The zero-order valence-corrected chi connectivity index (χ0v) is 12.6. The fourth-order valence-electron chi connectivity index (χ4n) is 2.86. The Morgan fingerprint density at radius 2 is 1.86 bits per heavy atom. The molecule has 112 valence electrons.